The van der Waals surface area contributed by atoms with Crippen LogP contribution in [0.3, 0.4) is 0 Å². The van der Waals surface area contributed by atoms with Crippen LogP contribution in [0, 0.1) is 5.92 Å². The van der Waals surface area contributed by atoms with E-state index in [4.69, 9.17) is 4.74 Å². The normalized spacial score (nSPS) is 23.3. The predicted octanol–water partition coefficient (Wildman–Crippen LogP) is 1.70. The lowest BCUT2D eigenvalue weighted by Gasteiger charge is -2.28. The molecule has 2 unspecified atom stereocenters. The van der Waals surface area contributed by atoms with Crippen molar-refractivity contribution in [3.63, 3.8) is 0 Å². The van der Waals surface area contributed by atoms with Crippen molar-refractivity contribution in [1.82, 2.24) is 0 Å². The molecule has 0 radical (unpaired) electrons. The van der Waals surface area contributed by atoms with Gasteiger partial charge < -0.3 is 9.53 Å². The molecule has 0 heterocycles. The Morgan fingerprint density at radius 3 is 2.88 bits per heavy atom. The molecule has 0 aliphatic heterocycles. The third-order valence-corrected chi connectivity index (χ3v) is 3.22. The minimum Gasteiger partial charge on any atom is -0.469 e. The molecule has 2 rings (SSSR count). The molecule has 84 valence electrons. The van der Waals surface area contributed by atoms with Crippen LogP contribution in [0.25, 0.3) is 0 Å². The van der Waals surface area contributed by atoms with Gasteiger partial charge in [-0.05, 0) is 24.0 Å². The Balaban J connectivity index is 2.37. The van der Waals surface area contributed by atoms with Crippen molar-refractivity contribution in [2.75, 3.05) is 7.11 Å². The van der Waals surface area contributed by atoms with Gasteiger partial charge in [0.1, 0.15) is 6.29 Å². The topological polar surface area (TPSA) is 43.4 Å². The molecule has 1 aromatic rings. The summed E-state index contributed by atoms with van der Waals surface area (Å²) in [4.78, 5) is 22.7. The second kappa shape index (κ2) is 4.47. The van der Waals surface area contributed by atoms with Gasteiger partial charge in [0.05, 0.1) is 18.9 Å². The maximum atomic E-state index is 11.6. The third-order valence-electron chi connectivity index (χ3n) is 3.22. The molecule has 2 atom stereocenters. The molecule has 3 nitrogen and oxygen atoms in total. The van der Waals surface area contributed by atoms with E-state index in [0.29, 0.717) is 6.42 Å². The SMILES string of the molecule is COC(=O)C1CCc2ccccc2C1C=O. The number of ether oxygens (including phenoxy) is 1. The van der Waals surface area contributed by atoms with Gasteiger partial charge in [-0.3, -0.25) is 4.79 Å². The van der Waals surface area contributed by atoms with Crippen LogP contribution in [-0.2, 0) is 20.7 Å². The van der Waals surface area contributed by atoms with Crippen molar-refractivity contribution in [2.24, 2.45) is 5.92 Å². The molecule has 0 aromatic heterocycles. The van der Waals surface area contributed by atoms with Gasteiger partial charge in [0.25, 0.3) is 0 Å². The lowest BCUT2D eigenvalue weighted by atomic mass is 9.76. The smallest absolute Gasteiger partial charge is 0.309 e. The number of rotatable bonds is 2. The molecule has 1 aromatic carbocycles. The second-order valence-electron chi connectivity index (χ2n) is 4.03. The number of hydrogen-bond acceptors (Lipinski definition) is 3. The summed E-state index contributed by atoms with van der Waals surface area (Å²) < 4.78 is 4.74. The Bertz CT molecular complexity index is 411. The van der Waals surface area contributed by atoms with E-state index < -0.39 is 0 Å². The van der Waals surface area contributed by atoms with Gasteiger partial charge in [-0.1, -0.05) is 24.3 Å². The lowest BCUT2D eigenvalue weighted by molar-refractivity contribution is -0.147. The van der Waals surface area contributed by atoms with Gasteiger partial charge in [-0.15, -0.1) is 0 Å². The quantitative estimate of drug-likeness (QED) is 0.560. The van der Waals surface area contributed by atoms with Gasteiger partial charge in [-0.2, -0.15) is 0 Å². The highest BCUT2D eigenvalue weighted by atomic mass is 16.5. The maximum Gasteiger partial charge on any atom is 0.309 e. The van der Waals surface area contributed by atoms with E-state index in [1.165, 1.54) is 12.7 Å². The zero-order valence-corrected chi connectivity index (χ0v) is 9.18. The molecule has 0 saturated heterocycles. The van der Waals surface area contributed by atoms with E-state index in [-0.39, 0.29) is 17.8 Å². The molecule has 3 heteroatoms. The summed E-state index contributed by atoms with van der Waals surface area (Å²) in [6.07, 6.45) is 2.38. The zero-order chi connectivity index (χ0) is 11.5. The van der Waals surface area contributed by atoms with Gasteiger partial charge in [0, 0.05) is 0 Å². The number of benzene rings is 1. The molecule has 0 spiro atoms. The third kappa shape index (κ3) is 1.73. The summed E-state index contributed by atoms with van der Waals surface area (Å²) in [6.45, 7) is 0. The first-order valence-electron chi connectivity index (χ1n) is 5.39. The van der Waals surface area contributed by atoms with Crippen LogP contribution >= 0.6 is 0 Å². The largest absolute Gasteiger partial charge is 0.469 e. The Morgan fingerprint density at radius 1 is 1.44 bits per heavy atom. The highest BCUT2D eigenvalue weighted by Crippen LogP contribution is 2.35. The highest BCUT2D eigenvalue weighted by molar-refractivity contribution is 5.80. The van der Waals surface area contributed by atoms with E-state index in [2.05, 4.69) is 0 Å². The average molecular weight is 218 g/mol. The summed E-state index contributed by atoms with van der Waals surface area (Å²) in [7, 11) is 1.37. The fraction of sp³-hybridized carbons (Fsp3) is 0.385. The van der Waals surface area contributed by atoms with Gasteiger partial charge >= 0.3 is 5.97 Å². The van der Waals surface area contributed by atoms with Crippen molar-refractivity contribution in [1.29, 1.82) is 0 Å². The number of methoxy groups -OCH3 is 1. The van der Waals surface area contributed by atoms with E-state index in [1.807, 2.05) is 24.3 Å². The van der Waals surface area contributed by atoms with Crippen molar-refractivity contribution in [3.05, 3.63) is 35.4 Å². The van der Waals surface area contributed by atoms with Crippen LogP contribution in [-0.4, -0.2) is 19.4 Å². The van der Waals surface area contributed by atoms with Crippen LogP contribution < -0.4 is 0 Å². The second-order valence-corrected chi connectivity index (χ2v) is 4.03. The summed E-state index contributed by atoms with van der Waals surface area (Å²) in [6, 6.07) is 7.79. The van der Waals surface area contributed by atoms with E-state index in [1.54, 1.807) is 0 Å². The van der Waals surface area contributed by atoms with Crippen LogP contribution in [0.5, 0.6) is 0 Å². The predicted molar refractivity (Wildman–Crippen MR) is 59.1 cm³/mol. The fourth-order valence-electron chi connectivity index (χ4n) is 2.38. The van der Waals surface area contributed by atoms with Crippen LogP contribution in [0.2, 0.25) is 0 Å². The van der Waals surface area contributed by atoms with E-state index in [9.17, 15) is 9.59 Å². The standard InChI is InChI=1S/C13H14O3/c1-16-13(15)11-7-6-9-4-2-3-5-10(9)12(11)8-14/h2-5,8,11-12H,6-7H2,1H3. The number of aryl methyl sites for hydroxylation is 1. The average Bonchev–Trinajstić information content (AvgIpc) is 2.36. The van der Waals surface area contributed by atoms with E-state index >= 15 is 0 Å². The summed E-state index contributed by atoms with van der Waals surface area (Å²) in [5.41, 5.74) is 2.14. The molecular formula is C13H14O3. The minimum absolute atomic E-state index is 0.286. The molecule has 0 bridgehead atoms. The van der Waals surface area contributed by atoms with Gasteiger partial charge in [0.2, 0.25) is 0 Å². The summed E-state index contributed by atoms with van der Waals surface area (Å²) in [5.74, 6) is -0.957. The fourth-order valence-corrected chi connectivity index (χ4v) is 2.38. The number of hydrogen-bond donors (Lipinski definition) is 0. The molecular weight excluding hydrogens is 204 g/mol. The Hall–Kier alpha value is -1.64. The molecule has 1 aliphatic rings. The molecule has 16 heavy (non-hydrogen) atoms. The number of carbonyl (C=O) groups is 2. The first kappa shape index (κ1) is 10.9. The zero-order valence-electron chi connectivity index (χ0n) is 9.18. The maximum absolute atomic E-state index is 11.6. The number of esters is 1. The van der Waals surface area contributed by atoms with Crippen molar-refractivity contribution in [2.45, 2.75) is 18.8 Å². The Morgan fingerprint density at radius 2 is 2.19 bits per heavy atom. The number of fused-ring (bicyclic) bond motifs is 1. The van der Waals surface area contributed by atoms with Crippen LogP contribution in [0.15, 0.2) is 24.3 Å². The lowest BCUT2D eigenvalue weighted by Crippen LogP contribution is -2.29. The number of carbonyl (C=O) groups excluding carboxylic acids is 2. The molecule has 1 aliphatic carbocycles. The number of aldehydes is 1. The first-order chi connectivity index (χ1) is 7.77. The summed E-state index contributed by atoms with van der Waals surface area (Å²) >= 11 is 0. The minimum atomic E-state index is -0.350. The highest BCUT2D eigenvalue weighted by Gasteiger charge is 2.34. The monoisotopic (exact) mass is 218 g/mol. The molecule has 0 amide bonds. The van der Waals surface area contributed by atoms with Crippen molar-refractivity contribution in [3.8, 4) is 0 Å². The summed E-state index contributed by atoms with van der Waals surface area (Å²) in [5, 5.41) is 0. The van der Waals surface area contributed by atoms with Gasteiger partial charge in [0.15, 0.2) is 0 Å². The van der Waals surface area contributed by atoms with Crippen molar-refractivity contribution >= 4 is 12.3 Å². The molecule has 0 saturated carbocycles. The Labute approximate surface area is 94.4 Å². The van der Waals surface area contributed by atoms with Crippen molar-refractivity contribution < 1.29 is 14.3 Å². The van der Waals surface area contributed by atoms with Gasteiger partial charge in [-0.25, -0.2) is 0 Å². The first-order valence-corrected chi connectivity index (χ1v) is 5.39. The van der Waals surface area contributed by atoms with Crippen LogP contribution in [0.1, 0.15) is 23.5 Å². The Kier molecular flexibility index (Phi) is 3.04. The molecule has 0 N–H and O–H groups in total. The van der Waals surface area contributed by atoms with E-state index in [0.717, 1.165) is 18.3 Å². The van der Waals surface area contributed by atoms with Crippen LogP contribution in [0.4, 0.5) is 0 Å². The molecule has 0 fully saturated rings.